The van der Waals surface area contributed by atoms with E-state index < -0.39 is 16.1 Å². The van der Waals surface area contributed by atoms with Crippen LogP contribution >= 0.6 is 0 Å². The minimum Gasteiger partial charge on any atom is -0.486 e. The van der Waals surface area contributed by atoms with Gasteiger partial charge in [-0.25, -0.2) is 13.2 Å². The standard InChI is InChI=1S/C17H19N3O5S/c1-26(22,23)20-13-8-6-12(7-9-13)19-17(21)18-10-14-11-24-15-4-2-3-5-16(15)25-14/h2-9,14,20H,10-11H2,1H3,(H2,18,19,21). The van der Waals surface area contributed by atoms with Crippen LogP contribution in [0.1, 0.15) is 0 Å². The molecule has 138 valence electrons. The molecule has 9 heteroatoms. The van der Waals surface area contributed by atoms with Crippen molar-refractivity contribution >= 4 is 27.4 Å². The van der Waals surface area contributed by atoms with Gasteiger partial charge in [-0.15, -0.1) is 0 Å². The smallest absolute Gasteiger partial charge is 0.319 e. The zero-order chi connectivity index (χ0) is 18.6. The summed E-state index contributed by atoms with van der Waals surface area (Å²) in [5.41, 5.74) is 0.956. The molecule has 3 N–H and O–H groups in total. The average Bonchev–Trinajstić information content (AvgIpc) is 2.60. The molecule has 1 atom stereocenters. The molecule has 0 spiro atoms. The van der Waals surface area contributed by atoms with E-state index in [1.807, 2.05) is 24.3 Å². The van der Waals surface area contributed by atoms with Crippen LogP contribution in [-0.4, -0.2) is 40.0 Å². The molecule has 0 aromatic heterocycles. The molecule has 3 rings (SSSR count). The van der Waals surface area contributed by atoms with Crippen LogP contribution in [0.5, 0.6) is 11.5 Å². The van der Waals surface area contributed by atoms with Crippen LogP contribution in [0.25, 0.3) is 0 Å². The molecular weight excluding hydrogens is 358 g/mol. The van der Waals surface area contributed by atoms with Gasteiger partial charge in [-0.1, -0.05) is 12.1 Å². The molecule has 1 unspecified atom stereocenters. The van der Waals surface area contributed by atoms with Crippen molar-refractivity contribution in [1.82, 2.24) is 5.32 Å². The first-order valence-electron chi connectivity index (χ1n) is 7.90. The first-order chi connectivity index (χ1) is 12.4. The van der Waals surface area contributed by atoms with Crippen LogP contribution in [0.3, 0.4) is 0 Å². The van der Waals surface area contributed by atoms with Gasteiger partial charge in [0, 0.05) is 11.4 Å². The summed E-state index contributed by atoms with van der Waals surface area (Å²) in [4.78, 5) is 12.0. The number of sulfonamides is 1. The largest absolute Gasteiger partial charge is 0.486 e. The third-order valence-electron chi connectivity index (χ3n) is 3.50. The van der Waals surface area contributed by atoms with Gasteiger partial charge in [0.2, 0.25) is 10.0 Å². The summed E-state index contributed by atoms with van der Waals surface area (Å²) in [6, 6.07) is 13.3. The predicted octanol–water partition coefficient (Wildman–Crippen LogP) is 2.02. The molecule has 0 aliphatic carbocycles. The highest BCUT2D eigenvalue weighted by atomic mass is 32.2. The number of carbonyl (C=O) groups excluding carboxylic acids is 1. The third kappa shape index (κ3) is 5.03. The van der Waals surface area contributed by atoms with Crippen LogP contribution in [0, 0.1) is 0 Å². The lowest BCUT2D eigenvalue weighted by Gasteiger charge is -2.26. The van der Waals surface area contributed by atoms with Gasteiger partial charge < -0.3 is 20.1 Å². The number of hydrogen-bond acceptors (Lipinski definition) is 5. The lowest BCUT2D eigenvalue weighted by Crippen LogP contribution is -2.42. The van der Waals surface area contributed by atoms with Crippen molar-refractivity contribution in [1.29, 1.82) is 0 Å². The SMILES string of the molecule is CS(=O)(=O)Nc1ccc(NC(=O)NCC2COc3ccccc3O2)cc1. The summed E-state index contributed by atoms with van der Waals surface area (Å²) < 4.78 is 36.0. The summed E-state index contributed by atoms with van der Waals surface area (Å²) in [6.07, 6.45) is 0.791. The second kappa shape index (κ2) is 7.52. The van der Waals surface area contributed by atoms with Crippen LogP contribution in [-0.2, 0) is 10.0 Å². The van der Waals surface area contributed by atoms with Crippen molar-refractivity contribution in [3.8, 4) is 11.5 Å². The fourth-order valence-electron chi connectivity index (χ4n) is 2.38. The Labute approximate surface area is 151 Å². The van der Waals surface area contributed by atoms with Gasteiger partial charge in [-0.2, -0.15) is 0 Å². The zero-order valence-corrected chi connectivity index (χ0v) is 14.9. The fourth-order valence-corrected chi connectivity index (χ4v) is 2.95. The highest BCUT2D eigenvalue weighted by Gasteiger charge is 2.20. The Morgan fingerprint density at radius 2 is 1.73 bits per heavy atom. The summed E-state index contributed by atoms with van der Waals surface area (Å²) in [7, 11) is -3.33. The van der Waals surface area contributed by atoms with Gasteiger partial charge in [0.15, 0.2) is 17.6 Å². The molecule has 26 heavy (non-hydrogen) atoms. The normalized spacial score (nSPS) is 15.8. The zero-order valence-electron chi connectivity index (χ0n) is 14.1. The number of anilines is 2. The molecular formula is C17H19N3O5S. The Hall–Kier alpha value is -2.94. The highest BCUT2D eigenvalue weighted by molar-refractivity contribution is 7.92. The molecule has 2 aromatic rings. The number of benzene rings is 2. The first kappa shape index (κ1) is 17.9. The average molecular weight is 377 g/mol. The minimum atomic E-state index is -3.33. The second-order valence-electron chi connectivity index (χ2n) is 5.78. The monoisotopic (exact) mass is 377 g/mol. The molecule has 0 radical (unpaired) electrons. The highest BCUT2D eigenvalue weighted by Crippen LogP contribution is 2.30. The lowest BCUT2D eigenvalue weighted by atomic mass is 10.2. The van der Waals surface area contributed by atoms with Crippen molar-refractivity contribution in [3.05, 3.63) is 48.5 Å². The Morgan fingerprint density at radius 3 is 2.42 bits per heavy atom. The maximum atomic E-state index is 12.0. The van der Waals surface area contributed by atoms with E-state index >= 15 is 0 Å². The number of fused-ring (bicyclic) bond motifs is 1. The molecule has 1 aliphatic rings. The lowest BCUT2D eigenvalue weighted by molar-refractivity contribution is 0.0922. The topological polar surface area (TPSA) is 106 Å². The second-order valence-corrected chi connectivity index (χ2v) is 7.53. The molecule has 2 aromatic carbocycles. The van der Waals surface area contributed by atoms with Gasteiger partial charge >= 0.3 is 6.03 Å². The Bertz CT molecular complexity index is 884. The number of ether oxygens (including phenoxy) is 2. The van der Waals surface area contributed by atoms with Crippen molar-refractivity contribution in [3.63, 3.8) is 0 Å². The van der Waals surface area contributed by atoms with E-state index in [0.29, 0.717) is 29.5 Å². The molecule has 0 saturated carbocycles. The number of para-hydroxylation sites is 2. The van der Waals surface area contributed by atoms with E-state index in [2.05, 4.69) is 15.4 Å². The minimum absolute atomic E-state index is 0.281. The molecule has 8 nitrogen and oxygen atoms in total. The molecule has 1 heterocycles. The molecule has 2 amide bonds. The van der Waals surface area contributed by atoms with E-state index in [4.69, 9.17) is 9.47 Å². The molecule has 1 aliphatic heterocycles. The number of rotatable bonds is 5. The summed E-state index contributed by atoms with van der Waals surface area (Å²) in [5, 5.41) is 5.39. The van der Waals surface area contributed by atoms with Crippen molar-refractivity contribution in [2.24, 2.45) is 0 Å². The van der Waals surface area contributed by atoms with Gasteiger partial charge in [0.1, 0.15) is 6.61 Å². The van der Waals surface area contributed by atoms with Crippen LogP contribution in [0.4, 0.5) is 16.2 Å². The molecule has 0 bridgehead atoms. The summed E-state index contributed by atoms with van der Waals surface area (Å²) in [5.74, 6) is 1.34. The Morgan fingerprint density at radius 1 is 1.08 bits per heavy atom. The summed E-state index contributed by atoms with van der Waals surface area (Å²) in [6.45, 7) is 0.636. The van der Waals surface area contributed by atoms with Crippen molar-refractivity contribution < 1.29 is 22.7 Å². The van der Waals surface area contributed by atoms with Gasteiger partial charge in [-0.05, 0) is 36.4 Å². The number of carbonyl (C=O) groups is 1. The number of urea groups is 1. The fraction of sp³-hybridized carbons (Fsp3) is 0.235. The third-order valence-corrected chi connectivity index (χ3v) is 4.11. The van der Waals surface area contributed by atoms with E-state index in [9.17, 15) is 13.2 Å². The number of nitrogens with one attached hydrogen (secondary N) is 3. The van der Waals surface area contributed by atoms with E-state index in [1.54, 1.807) is 24.3 Å². The quantitative estimate of drug-likeness (QED) is 0.739. The molecule has 0 saturated heterocycles. The molecule has 0 fully saturated rings. The van der Waals surface area contributed by atoms with Crippen LogP contribution < -0.4 is 24.8 Å². The Balaban J connectivity index is 1.47. The first-order valence-corrected chi connectivity index (χ1v) is 9.79. The predicted molar refractivity (Wildman–Crippen MR) is 98.3 cm³/mol. The van der Waals surface area contributed by atoms with Crippen LogP contribution in [0.2, 0.25) is 0 Å². The summed E-state index contributed by atoms with van der Waals surface area (Å²) >= 11 is 0. The number of hydrogen-bond donors (Lipinski definition) is 3. The van der Waals surface area contributed by atoms with Gasteiger partial charge in [0.05, 0.1) is 12.8 Å². The van der Waals surface area contributed by atoms with E-state index in [-0.39, 0.29) is 12.6 Å². The van der Waals surface area contributed by atoms with Gasteiger partial charge in [-0.3, -0.25) is 4.72 Å². The van der Waals surface area contributed by atoms with E-state index in [1.165, 1.54) is 0 Å². The maximum Gasteiger partial charge on any atom is 0.319 e. The number of amides is 2. The van der Waals surface area contributed by atoms with Crippen molar-refractivity contribution in [2.75, 3.05) is 29.4 Å². The Kier molecular flexibility index (Phi) is 5.17. The van der Waals surface area contributed by atoms with Crippen molar-refractivity contribution in [2.45, 2.75) is 6.10 Å². The van der Waals surface area contributed by atoms with Gasteiger partial charge in [0.25, 0.3) is 0 Å². The van der Waals surface area contributed by atoms with Crippen LogP contribution in [0.15, 0.2) is 48.5 Å². The maximum absolute atomic E-state index is 12.0. The van der Waals surface area contributed by atoms with E-state index in [0.717, 1.165) is 6.26 Å².